The Labute approximate surface area is 150 Å². The van der Waals surface area contributed by atoms with Crippen molar-refractivity contribution in [3.8, 4) is 0 Å². The molecule has 7 nitrogen and oxygen atoms in total. The van der Waals surface area contributed by atoms with Crippen LogP contribution < -0.4 is 10.2 Å². The van der Waals surface area contributed by atoms with Gasteiger partial charge in [-0.25, -0.2) is 8.42 Å². The van der Waals surface area contributed by atoms with Crippen LogP contribution in [0.4, 0.5) is 16.4 Å². The predicted octanol–water partition coefficient (Wildman–Crippen LogP) is 3.14. The van der Waals surface area contributed by atoms with Gasteiger partial charge < -0.3 is 10.2 Å². The summed E-state index contributed by atoms with van der Waals surface area (Å²) >= 11 is 1.72. The SMILES string of the molecule is CS(=O)(=O)c1cc(NC2CCN(c3cccs3)CC2)ccc1[N+](=O)[O-]. The first-order valence-corrected chi connectivity index (χ1v) is 10.6. The summed E-state index contributed by atoms with van der Waals surface area (Å²) < 4.78 is 23.7. The zero-order valence-electron chi connectivity index (χ0n) is 13.7. The van der Waals surface area contributed by atoms with Crippen molar-refractivity contribution in [2.75, 3.05) is 29.6 Å². The van der Waals surface area contributed by atoms with E-state index < -0.39 is 14.8 Å². The van der Waals surface area contributed by atoms with Gasteiger partial charge in [-0.2, -0.15) is 0 Å². The molecule has 134 valence electrons. The first-order chi connectivity index (χ1) is 11.8. The largest absolute Gasteiger partial charge is 0.382 e. The molecule has 0 bridgehead atoms. The van der Waals surface area contributed by atoms with Crippen LogP contribution in [0, 0.1) is 10.1 Å². The average Bonchev–Trinajstić information content (AvgIpc) is 3.09. The van der Waals surface area contributed by atoms with Crippen molar-refractivity contribution in [2.45, 2.75) is 23.8 Å². The van der Waals surface area contributed by atoms with Crippen LogP contribution >= 0.6 is 11.3 Å². The molecule has 1 N–H and O–H groups in total. The molecular weight excluding hydrogens is 362 g/mol. The molecule has 25 heavy (non-hydrogen) atoms. The highest BCUT2D eigenvalue weighted by Crippen LogP contribution is 2.29. The Balaban J connectivity index is 1.71. The van der Waals surface area contributed by atoms with Gasteiger partial charge in [0.2, 0.25) is 0 Å². The molecule has 1 aromatic carbocycles. The zero-order valence-corrected chi connectivity index (χ0v) is 15.3. The molecule has 0 radical (unpaired) electrons. The summed E-state index contributed by atoms with van der Waals surface area (Å²) in [4.78, 5) is 12.5. The van der Waals surface area contributed by atoms with Gasteiger partial charge in [-0.05, 0) is 42.5 Å². The summed E-state index contributed by atoms with van der Waals surface area (Å²) in [6.07, 6.45) is 2.82. The summed E-state index contributed by atoms with van der Waals surface area (Å²) in [5.41, 5.74) is 0.209. The van der Waals surface area contributed by atoms with Crippen LogP contribution in [0.5, 0.6) is 0 Å². The zero-order chi connectivity index (χ0) is 18.0. The van der Waals surface area contributed by atoms with E-state index >= 15 is 0 Å². The lowest BCUT2D eigenvalue weighted by Gasteiger charge is -2.33. The number of nitro benzene ring substituents is 1. The Morgan fingerprint density at radius 3 is 2.56 bits per heavy atom. The van der Waals surface area contributed by atoms with Gasteiger partial charge in [0.25, 0.3) is 5.69 Å². The maximum Gasteiger partial charge on any atom is 0.288 e. The minimum atomic E-state index is -3.67. The quantitative estimate of drug-likeness (QED) is 0.632. The molecule has 3 rings (SSSR count). The van der Waals surface area contributed by atoms with Crippen molar-refractivity contribution >= 4 is 37.5 Å². The van der Waals surface area contributed by atoms with E-state index in [1.165, 1.54) is 17.1 Å². The Bertz CT molecular complexity index is 858. The van der Waals surface area contributed by atoms with Gasteiger partial charge in [-0.1, -0.05) is 0 Å². The number of anilines is 2. The number of nitro groups is 1. The fraction of sp³-hybridized carbons (Fsp3) is 0.375. The fourth-order valence-corrected chi connectivity index (χ4v) is 4.63. The summed E-state index contributed by atoms with van der Waals surface area (Å²) in [6.45, 7) is 1.84. The molecule has 0 saturated carbocycles. The lowest BCUT2D eigenvalue weighted by Crippen LogP contribution is -2.38. The fourth-order valence-electron chi connectivity index (χ4n) is 2.98. The number of thiophene rings is 1. The van der Waals surface area contributed by atoms with Crippen molar-refractivity contribution in [3.05, 3.63) is 45.8 Å². The highest BCUT2D eigenvalue weighted by molar-refractivity contribution is 7.90. The number of hydrogen-bond donors (Lipinski definition) is 1. The average molecular weight is 381 g/mol. The van der Waals surface area contributed by atoms with Gasteiger partial charge in [0.05, 0.1) is 9.92 Å². The Hall–Kier alpha value is -2.13. The van der Waals surface area contributed by atoms with Crippen LogP contribution in [-0.2, 0) is 9.84 Å². The molecule has 1 fully saturated rings. The van der Waals surface area contributed by atoms with Crippen LogP contribution in [0.1, 0.15) is 12.8 Å². The van der Waals surface area contributed by atoms with Gasteiger partial charge in [0.15, 0.2) is 9.84 Å². The predicted molar refractivity (Wildman–Crippen MR) is 99.4 cm³/mol. The molecule has 0 spiro atoms. The second kappa shape index (κ2) is 7.01. The van der Waals surface area contributed by atoms with Gasteiger partial charge in [-0.15, -0.1) is 11.3 Å². The third kappa shape index (κ3) is 4.10. The Morgan fingerprint density at radius 2 is 2.00 bits per heavy atom. The molecule has 2 heterocycles. The molecular formula is C16H19N3O4S2. The van der Waals surface area contributed by atoms with E-state index in [1.807, 2.05) is 6.07 Å². The number of hydrogen-bond acceptors (Lipinski definition) is 7. The maximum atomic E-state index is 11.8. The Kier molecular flexibility index (Phi) is 4.96. The van der Waals surface area contributed by atoms with E-state index in [-0.39, 0.29) is 16.6 Å². The van der Waals surface area contributed by atoms with Crippen LogP contribution in [0.15, 0.2) is 40.6 Å². The van der Waals surface area contributed by atoms with Crippen molar-refractivity contribution in [3.63, 3.8) is 0 Å². The molecule has 1 aliphatic rings. The number of piperidine rings is 1. The maximum absolute atomic E-state index is 11.8. The van der Waals surface area contributed by atoms with Gasteiger partial charge in [-0.3, -0.25) is 10.1 Å². The molecule has 1 aliphatic heterocycles. The van der Waals surface area contributed by atoms with Crippen molar-refractivity contribution < 1.29 is 13.3 Å². The first kappa shape index (κ1) is 17.7. The molecule has 0 unspecified atom stereocenters. The number of sulfone groups is 1. The van der Waals surface area contributed by atoms with E-state index in [4.69, 9.17) is 0 Å². The van der Waals surface area contributed by atoms with E-state index in [1.54, 1.807) is 17.4 Å². The third-order valence-electron chi connectivity index (χ3n) is 4.24. The highest BCUT2D eigenvalue weighted by atomic mass is 32.2. The lowest BCUT2D eigenvalue weighted by atomic mass is 10.0. The van der Waals surface area contributed by atoms with Crippen LogP contribution in [0.25, 0.3) is 0 Å². The monoisotopic (exact) mass is 381 g/mol. The topological polar surface area (TPSA) is 92.6 Å². The molecule has 1 saturated heterocycles. The second-order valence-corrected chi connectivity index (χ2v) is 8.98. The summed E-state index contributed by atoms with van der Waals surface area (Å²) in [7, 11) is -3.67. The number of nitrogens with zero attached hydrogens (tertiary/aromatic N) is 2. The Morgan fingerprint density at radius 1 is 1.28 bits per heavy atom. The van der Waals surface area contributed by atoms with E-state index in [2.05, 4.69) is 21.7 Å². The first-order valence-electron chi connectivity index (χ1n) is 7.88. The third-order valence-corrected chi connectivity index (χ3v) is 6.29. The van der Waals surface area contributed by atoms with Gasteiger partial charge in [0, 0.05) is 37.1 Å². The highest BCUT2D eigenvalue weighted by Gasteiger charge is 2.24. The van der Waals surface area contributed by atoms with Crippen molar-refractivity contribution in [1.82, 2.24) is 0 Å². The van der Waals surface area contributed by atoms with Crippen LogP contribution in [0.3, 0.4) is 0 Å². The standard InChI is InChI=1S/C16H19N3O4S2/c1-25(22,23)15-11-13(4-5-14(15)19(20)21)17-12-6-8-18(9-7-12)16-3-2-10-24-16/h2-5,10-12,17H,6-9H2,1H3. The van der Waals surface area contributed by atoms with Gasteiger partial charge in [0.1, 0.15) is 4.90 Å². The summed E-state index contributed by atoms with van der Waals surface area (Å²) in [6, 6.07) is 8.53. The van der Waals surface area contributed by atoms with Crippen molar-refractivity contribution in [1.29, 1.82) is 0 Å². The molecule has 0 amide bonds. The summed E-state index contributed by atoms with van der Waals surface area (Å²) in [5.74, 6) is 0. The molecule has 9 heteroatoms. The normalized spacial score (nSPS) is 16.0. The second-order valence-electron chi connectivity index (χ2n) is 6.07. The van der Waals surface area contributed by atoms with Gasteiger partial charge >= 0.3 is 0 Å². The van der Waals surface area contributed by atoms with E-state index in [0.717, 1.165) is 32.2 Å². The van der Waals surface area contributed by atoms with Crippen LogP contribution in [0.2, 0.25) is 0 Å². The minimum absolute atomic E-state index is 0.213. The number of benzene rings is 1. The van der Waals surface area contributed by atoms with E-state index in [9.17, 15) is 18.5 Å². The number of nitrogens with one attached hydrogen (secondary N) is 1. The van der Waals surface area contributed by atoms with Crippen LogP contribution in [-0.4, -0.2) is 38.7 Å². The molecule has 2 aromatic rings. The minimum Gasteiger partial charge on any atom is -0.382 e. The molecule has 0 aliphatic carbocycles. The molecule has 1 aromatic heterocycles. The number of rotatable bonds is 5. The van der Waals surface area contributed by atoms with E-state index in [0.29, 0.717) is 5.69 Å². The smallest absolute Gasteiger partial charge is 0.288 e. The molecule has 0 atom stereocenters. The summed E-state index contributed by atoms with van der Waals surface area (Å²) in [5, 5.41) is 17.7. The van der Waals surface area contributed by atoms with Crippen molar-refractivity contribution in [2.24, 2.45) is 0 Å². The lowest BCUT2D eigenvalue weighted by molar-refractivity contribution is -0.387.